The number of benzene rings is 3. The first-order valence-corrected chi connectivity index (χ1v) is 12.2. The fourth-order valence-corrected chi connectivity index (χ4v) is 5.36. The van der Waals surface area contributed by atoms with E-state index in [1.165, 1.54) is 0 Å². The van der Waals surface area contributed by atoms with Gasteiger partial charge in [0.05, 0.1) is 28.0 Å². The summed E-state index contributed by atoms with van der Waals surface area (Å²) >= 11 is 0. The topological polar surface area (TPSA) is 81.1 Å². The third-order valence-electron chi connectivity index (χ3n) is 5.97. The maximum absolute atomic E-state index is 12.8. The van der Waals surface area contributed by atoms with E-state index in [4.69, 9.17) is 0 Å². The number of carbonyl (C=O) groups excluding carboxylic acids is 1. The van der Waals surface area contributed by atoms with E-state index in [9.17, 15) is 13.2 Å². The van der Waals surface area contributed by atoms with Crippen molar-refractivity contribution in [2.45, 2.75) is 30.6 Å². The van der Waals surface area contributed by atoms with E-state index in [1.807, 2.05) is 43.3 Å². The zero-order valence-corrected chi connectivity index (χ0v) is 18.9. The van der Waals surface area contributed by atoms with E-state index < -0.39 is 10.0 Å². The number of rotatable bonds is 5. The predicted molar refractivity (Wildman–Crippen MR) is 127 cm³/mol. The zero-order valence-electron chi connectivity index (χ0n) is 18.1. The minimum absolute atomic E-state index is 0.0814. The number of fused-ring (bicyclic) bond motifs is 1. The molecule has 0 spiro atoms. The molecule has 33 heavy (non-hydrogen) atoms. The number of aromatic nitrogens is 2. The molecule has 1 unspecified atom stereocenters. The second kappa shape index (κ2) is 8.33. The highest BCUT2D eigenvalue weighted by Crippen LogP contribution is 2.33. The predicted octanol–water partition coefficient (Wildman–Crippen LogP) is 4.89. The Bertz CT molecular complexity index is 1430. The molecule has 0 amide bonds. The van der Waals surface area contributed by atoms with Crippen molar-refractivity contribution in [3.8, 4) is 5.69 Å². The molecule has 0 radical (unpaired) electrons. The van der Waals surface area contributed by atoms with Crippen LogP contribution in [0.5, 0.6) is 0 Å². The molecule has 7 heteroatoms. The number of carbonyl (C=O) groups is 1. The highest BCUT2D eigenvalue weighted by Gasteiger charge is 2.30. The molecule has 1 aliphatic carbocycles. The van der Waals surface area contributed by atoms with Gasteiger partial charge in [0.1, 0.15) is 0 Å². The van der Waals surface area contributed by atoms with Crippen LogP contribution in [-0.2, 0) is 16.4 Å². The molecule has 5 rings (SSSR count). The van der Waals surface area contributed by atoms with Gasteiger partial charge in [-0.15, -0.1) is 0 Å². The lowest BCUT2D eigenvalue weighted by molar-refractivity contribution is 0.0963. The zero-order chi connectivity index (χ0) is 23.0. The van der Waals surface area contributed by atoms with Crippen molar-refractivity contribution in [2.24, 2.45) is 0 Å². The first-order chi connectivity index (χ1) is 15.9. The number of hydrogen-bond donors (Lipinski definition) is 1. The van der Waals surface area contributed by atoms with Crippen LogP contribution in [0.15, 0.2) is 90.0 Å². The van der Waals surface area contributed by atoms with Gasteiger partial charge in [-0.25, -0.2) is 13.1 Å². The van der Waals surface area contributed by atoms with Crippen LogP contribution in [0.4, 0.5) is 5.69 Å². The quantitative estimate of drug-likeness (QED) is 0.462. The number of ketones is 1. The lowest BCUT2D eigenvalue weighted by Gasteiger charge is -2.23. The summed E-state index contributed by atoms with van der Waals surface area (Å²) in [5, 5.41) is 4.45. The summed E-state index contributed by atoms with van der Waals surface area (Å²) in [6.07, 6.45) is 2.77. The van der Waals surface area contributed by atoms with Crippen LogP contribution in [-0.4, -0.2) is 24.0 Å². The average molecular weight is 458 g/mol. The summed E-state index contributed by atoms with van der Waals surface area (Å²) in [5.74, 6) is 0.178. The molecule has 0 fully saturated rings. The van der Waals surface area contributed by atoms with E-state index in [2.05, 4.69) is 9.82 Å². The molecular weight excluding hydrogens is 434 g/mol. The number of hydrogen-bond acceptors (Lipinski definition) is 4. The van der Waals surface area contributed by atoms with Crippen molar-refractivity contribution >= 4 is 21.5 Å². The van der Waals surface area contributed by atoms with Crippen LogP contribution in [0.3, 0.4) is 0 Å². The van der Waals surface area contributed by atoms with Crippen molar-refractivity contribution in [2.75, 3.05) is 4.72 Å². The summed E-state index contributed by atoms with van der Waals surface area (Å²) in [6.45, 7) is 1.91. The van der Waals surface area contributed by atoms with Gasteiger partial charge >= 0.3 is 0 Å². The highest BCUT2D eigenvalue weighted by atomic mass is 32.2. The molecular formula is C26H23N3O3S. The minimum Gasteiger partial charge on any atom is -0.294 e. The Morgan fingerprint density at radius 3 is 2.42 bits per heavy atom. The summed E-state index contributed by atoms with van der Waals surface area (Å²) < 4.78 is 30.0. The van der Waals surface area contributed by atoms with Crippen LogP contribution in [0.25, 0.3) is 5.69 Å². The van der Waals surface area contributed by atoms with Crippen LogP contribution in [0, 0.1) is 6.92 Å². The van der Waals surface area contributed by atoms with Gasteiger partial charge in [0.25, 0.3) is 10.0 Å². The van der Waals surface area contributed by atoms with Crippen LogP contribution in [0.2, 0.25) is 0 Å². The second-order valence-electron chi connectivity index (χ2n) is 8.32. The number of anilines is 1. The standard InChI is InChI=1S/C26H23N3O3S/c1-18-6-5-9-21(14-18)28-33(31,32)23-12-10-22(11-13-23)29-25-15-20(19-7-3-2-4-8-19)16-26(30)24(25)17-27-29/h2-14,17,20,28H,15-16H2,1H3. The first kappa shape index (κ1) is 21.2. The van der Waals surface area contributed by atoms with Gasteiger partial charge in [-0.3, -0.25) is 9.52 Å². The van der Waals surface area contributed by atoms with Crippen LogP contribution >= 0.6 is 0 Å². The summed E-state index contributed by atoms with van der Waals surface area (Å²) in [5.41, 5.74) is 4.83. The highest BCUT2D eigenvalue weighted by molar-refractivity contribution is 7.92. The molecule has 3 aromatic carbocycles. The Morgan fingerprint density at radius 2 is 1.70 bits per heavy atom. The van der Waals surface area contributed by atoms with E-state index in [0.29, 0.717) is 29.8 Å². The first-order valence-electron chi connectivity index (χ1n) is 10.8. The monoisotopic (exact) mass is 457 g/mol. The molecule has 0 saturated heterocycles. The van der Waals surface area contributed by atoms with Crippen molar-refractivity contribution in [3.63, 3.8) is 0 Å². The maximum Gasteiger partial charge on any atom is 0.261 e. The molecule has 1 aromatic heterocycles. The minimum atomic E-state index is -3.72. The van der Waals surface area contributed by atoms with Gasteiger partial charge in [-0.2, -0.15) is 5.10 Å². The summed E-state index contributed by atoms with van der Waals surface area (Å²) in [4.78, 5) is 12.9. The summed E-state index contributed by atoms with van der Waals surface area (Å²) in [7, 11) is -3.72. The molecule has 166 valence electrons. The normalized spacial score (nSPS) is 15.8. The van der Waals surface area contributed by atoms with Crippen LogP contribution in [0.1, 0.15) is 39.5 Å². The van der Waals surface area contributed by atoms with E-state index in [1.54, 1.807) is 53.3 Å². The van der Waals surface area contributed by atoms with Gasteiger partial charge in [-0.1, -0.05) is 42.5 Å². The average Bonchev–Trinajstić information content (AvgIpc) is 3.24. The number of nitrogens with zero attached hydrogens (tertiary/aromatic N) is 2. The fourth-order valence-electron chi connectivity index (χ4n) is 4.31. The van der Waals surface area contributed by atoms with E-state index in [-0.39, 0.29) is 16.6 Å². The van der Waals surface area contributed by atoms with Crippen molar-refractivity contribution in [1.29, 1.82) is 0 Å². The Kier molecular flexibility index (Phi) is 5.34. The van der Waals surface area contributed by atoms with Gasteiger partial charge in [-0.05, 0) is 66.8 Å². The third kappa shape index (κ3) is 4.19. The lowest BCUT2D eigenvalue weighted by Crippen LogP contribution is -2.20. The Hall–Kier alpha value is -3.71. The Balaban J connectivity index is 1.42. The van der Waals surface area contributed by atoms with Crippen LogP contribution < -0.4 is 4.72 Å². The molecule has 6 nitrogen and oxygen atoms in total. The Morgan fingerprint density at radius 1 is 0.939 bits per heavy atom. The van der Waals surface area contributed by atoms with Crippen molar-refractivity contribution in [1.82, 2.24) is 9.78 Å². The molecule has 0 aliphatic heterocycles. The molecule has 1 aliphatic rings. The van der Waals surface area contributed by atoms with Gasteiger partial charge in [0, 0.05) is 12.1 Å². The number of aryl methyl sites for hydroxylation is 1. The molecule has 0 bridgehead atoms. The van der Waals surface area contributed by atoms with E-state index >= 15 is 0 Å². The van der Waals surface area contributed by atoms with Gasteiger partial charge < -0.3 is 0 Å². The Labute approximate surface area is 193 Å². The molecule has 1 heterocycles. The summed E-state index contributed by atoms with van der Waals surface area (Å²) in [6, 6.07) is 23.8. The van der Waals surface area contributed by atoms with Crippen molar-refractivity contribution in [3.05, 3.63) is 107 Å². The third-order valence-corrected chi connectivity index (χ3v) is 7.37. The number of sulfonamides is 1. The van der Waals surface area contributed by atoms with Gasteiger partial charge in [0.2, 0.25) is 0 Å². The molecule has 1 N–H and O–H groups in total. The molecule has 4 aromatic rings. The maximum atomic E-state index is 12.8. The van der Waals surface area contributed by atoms with Gasteiger partial charge in [0.15, 0.2) is 5.78 Å². The fraction of sp³-hybridized carbons (Fsp3) is 0.154. The molecule has 0 saturated carbocycles. The molecule has 1 atom stereocenters. The largest absolute Gasteiger partial charge is 0.294 e. The lowest BCUT2D eigenvalue weighted by atomic mass is 9.82. The van der Waals surface area contributed by atoms with E-state index in [0.717, 1.165) is 16.8 Å². The van der Waals surface area contributed by atoms with Crippen molar-refractivity contribution < 1.29 is 13.2 Å². The number of Topliss-reactive ketones (excluding diaryl/α,β-unsaturated/α-hetero) is 1. The smallest absolute Gasteiger partial charge is 0.261 e. The second-order valence-corrected chi connectivity index (χ2v) is 10.0. The SMILES string of the molecule is Cc1cccc(NS(=O)(=O)c2ccc(-n3ncc4c3CC(c3ccccc3)CC4=O)cc2)c1. The number of nitrogens with one attached hydrogen (secondary N) is 1.